The van der Waals surface area contributed by atoms with Crippen LogP contribution in [0.5, 0.6) is 0 Å². The van der Waals surface area contributed by atoms with E-state index in [4.69, 9.17) is 0 Å². The molecule has 3 heterocycles. The van der Waals surface area contributed by atoms with E-state index in [0.717, 1.165) is 5.56 Å². The van der Waals surface area contributed by atoms with Crippen LogP contribution < -0.4 is 4.90 Å². The van der Waals surface area contributed by atoms with Crippen LogP contribution in [0.3, 0.4) is 0 Å². The Balaban J connectivity index is 1.46. The molecule has 1 aliphatic heterocycles. The zero-order valence-electron chi connectivity index (χ0n) is 18.1. The molecule has 34 heavy (non-hydrogen) atoms. The van der Waals surface area contributed by atoms with E-state index in [1.54, 1.807) is 34.5 Å². The molecule has 0 aliphatic carbocycles. The zero-order valence-corrected chi connectivity index (χ0v) is 20.6. The van der Waals surface area contributed by atoms with E-state index in [1.165, 1.54) is 33.0 Å². The summed E-state index contributed by atoms with van der Waals surface area (Å²) < 4.78 is 42.8. The molecule has 2 aromatic carbocycles. The molecule has 0 spiro atoms. The molecule has 176 valence electrons. The summed E-state index contributed by atoms with van der Waals surface area (Å²) in [5.74, 6) is -1.14. The Kier molecular flexibility index (Phi) is 6.48. The normalized spacial score (nSPS) is 17.1. The highest BCUT2D eigenvalue weighted by Gasteiger charge is 2.36. The van der Waals surface area contributed by atoms with Gasteiger partial charge in [-0.1, -0.05) is 53.8 Å². The molecule has 2 aromatic heterocycles. The van der Waals surface area contributed by atoms with Gasteiger partial charge in [0.05, 0.1) is 17.2 Å². The third kappa shape index (κ3) is 4.50. The first-order chi connectivity index (χ1) is 16.4. The van der Waals surface area contributed by atoms with Crippen LogP contribution in [0.15, 0.2) is 70.3 Å². The van der Waals surface area contributed by atoms with Gasteiger partial charge >= 0.3 is 0 Å². The molecule has 5 rings (SSSR count). The number of thiazole rings is 1. The number of hydrogen-bond acceptors (Lipinski definition) is 6. The molecule has 1 amide bonds. The fraction of sp³-hybridized carbons (Fsp3) is 0.250. The smallest absolute Gasteiger partial charge is 0.252 e. The van der Waals surface area contributed by atoms with Gasteiger partial charge < -0.3 is 0 Å². The molecule has 0 N–H and O–H groups in total. The Labute approximate surface area is 205 Å². The third-order valence-corrected chi connectivity index (χ3v) is 10.1. The average Bonchev–Trinajstić information content (AvgIpc) is 3.54. The number of carbonyl (C=O) groups excluding carboxylic acids is 1. The fourth-order valence-electron chi connectivity index (χ4n) is 4.14. The summed E-state index contributed by atoms with van der Waals surface area (Å²) in [5, 5.41) is 2.14. The molecule has 10 heteroatoms. The lowest BCUT2D eigenvalue weighted by Crippen LogP contribution is -2.46. The average molecular weight is 516 g/mol. The number of amides is 1. The van der Waals surface area contributed by atoms with Crippen molar-refractivity contribution < 1.29 is 17.6 Å². The van der Waals surface area contributed by atoms with Crippen molar-refractivity contribution in [3.05, 3.63) is 77.4 Å². The minimum atomic E-state index is -3.64. The summed E-state index contributed by atoms with van der Waals surface area (Å²) in [5.41, 5.74) is 1.15. The highest BCUT2D eigenvalue weighted by molar-refractivity contribution is 7.91. The Morgan fingerprint density at radius 3 is 2.68 bits per heavy atom. The number of para-hydroxylation sites is 1. The molecule has 1 atom stereocenters. The Morgan fingerprint density at radius 2 is 1.94 bits per heavy atom. The molecular weight excluding hydrogens is 493 g/mol. The minimum Gasteiger partial charge on any atom is -0.283 e. The maximum Gasteiger partial charge on any atom is 0.252 e. The van der Waals surface area contributed by atoms with Crippen molar-refractivity contribution in [1.29, 1.82) is 0 Å². The fourth-order valence-corrected chi connectivity index (χ4v) is 7.80. The number of rotatable bonds is 6. The van der Waals surface area contributed by atoms with Gasteiger partial charge in [0, 0.05) is 13.1 Å². The van der Waals surface area contributed by atoms with Crippen molar-refractivity contribution in [2.24, 2.45) is 5.92 Å². The second-order valence-corrected chi connectivity index (χ2v) is 12.2. The SMILES string of the molecule is O=C(C1CCCN(S(=O)(=O)c2cccs2)C1)N(Cc1ccccc1)c1nc2c(F)cccc2s1. The number of fused-ring (bicyclic) bond motifs is 1. The van der Waals surface area contributed by atoms with Gasteiger partial charge in [-0.15, -0.1) is 11.3 Å². The number of hydrogen-bond donors (Lipinski definition) is 0. The summed E-state index contributed by atoms with van der Waals surface area (Å²) >= 11 is 2.43. The number of sulfonamides is 1. The number of anilines is 1. The van der Waals surface area contributed by atoms with E-state index in [9.17, 15) is 17.6 Å². The molecule has 1 saturated heterocycles. The topological polar surface area (TPSA) is 70.6 Å². The van der Waals surface area contributed by atoms with E-state index < -0.39 is 21.8 Å². The van der Waals surface area contributed by atoms with Gasteiger partial charge in [0.1, 0.15) is 15.5 Å². The molecule has 1 unspecified atom stereocenters. The highest BCUT2D eigenvalue weighted by Crippen LogP contribution is 2.34. The van der Waals surface area contributed by atoms with E-state index in [1.807, 2.05) is 30.3 Å². The van der Waals surface area contributed by atoms with Crippen molar-refractivity contribution in [1.82, 2.24) is 9.29 Å². The molecule has 0 bridgehead atoms. The number of thiophene rings is 1. The van der Waals surface area contributed by atoms with E-state index in [0.29, 0.717) is 29.2 Å². The van der Waals surface area contributed by atoms with Gasteiger partial charge in [0.2, 0.25) is 5.91 Å². The first-order valence-corrected chi connectivity index (χ1v) is 14.0. The molecule has 0 radical (unpaired) electrons. The lowest BCUT2D eigenvalue weighted by Gasteiger charge is -2.33. The second kappa shape index (κ2) is 9.53. The lowest BCUT2D eigenvalue weighted by molar-refractivity contribution is -0.123. The molecule has 6 nitrogen and oxygen atoms in total. The van der Waals surface area contributed by atoms with Crippen LogP contribution in [0.25, 0.3) is 10.2 Å². The first-order valence-electron chi connectivity index (χ1n) is 10.9. The molecular formula is C24H22FN3O3S3. The van der Waals surface area contributed by atoms with Gasteiger partial charge in [-0.3, -0.25) is 9.69 Å². The van der Waals surface area contributed by atoms with Crippen molar-refractivity contribution in [2.45, 2.75) is 23.6 Å². The number of benzene rings is 2. The maximum atomic E-state index is 14.3. The standard InChI is InChI=1S/C24H22FN3O3S3/c25-19-10-4-11-20-22(19)26-24(33-20)28(15-17-7-2-1-3-8-17)23(29)18-9-5-13-27(16-18)34(30,31)21-12-6-14-32-21/h1-4,6-8,10-12,14,18H,5,9,13,15-16H2. The van der Waals surface area contributed by atoms with E-state index >= 15 is 0 Å². The number of carbonyl (C=O) groups is 1. The second-order valence-electron chi connectivity index (χ2n) is 8.13. The minimum absolute atomic E-state index is 0.115. The largest absolute Gasteiger partial charge is 0.283 e. The van der Waals surface area contributed by atoms with Crippen molar-refractivity contribution in [2.75, 3.05) is 18.0 Å². The quantitative estimate of drug-likeness (QED) is 0.357. The van der Waals surface area contributed by atoms with Crippen LogP contribution >= 0.6 is 22.7 Å². The maximum absolute atomic E-state index is 14.3. The van der Waals surface area contributed by atoms with Crippen LogP contribution in [0.4, 0.5) is 9.52 Å². The van der Waals surface area contributed by atoms with Gasteiger partial charge in [-0.05, 0) is 42.0 Å². The van der Waals surface area contributed by atoms with Crippen LogP contribution in [0.1, 0.15) is 18.4 Å². The summed E-state index contributed by atoms with van der Waals surface area (Å²) in [6.07, 6.45) is 1.18. The van der Waals surface area contributed by atoms with Gasteiger partial charge in [-0.2, -0.15) is 4.31 Å². The molecule has 1 aliphatic rings. The summed E-state index contributed by atoms with van der Waals surface area (Å²) in [4.78, 5) is 19.8. The summed E-state index contributed by atoms with van der Waals surface area (Å²) in [6, 6.07) is 17.6. The van der Waals surface area contributed by atoms with Crippen LogP contribution in [-0.2, 0) is 21.4 Å². The van der Waals surface area contributed by atoms with Crippen molar-refractivity contribution >= 4 is 54.0 Å². The van der Waals surface area contributed by atoms with Gasteiger partial charge in [0.25, 0.3) is 10.0 Å². The monoisotopic (exact) mass is 515 g/mol. The van der Waals surface area contributed by atoms with E-state index in [2.05, 4.69) is 4.98 Å². The molecule has 4 aromatic rings. The number of aromatic nitrogens is 1. The Morgan fingerprint density at radius 1 is 1.12 bits per heavy atom. The number of halogens is 1. The summed E-state index contributed by atoms with van der Waals surface area (Å²) in [7, 11) is -3.64. The van der Waals surface area contributed by atoms with Crippen LogP contribution in [0.2, 0.25) is 0 Å². The Bertz CT molecular complexity index is 1410. The molecule has 0 saturated carbocycles. The first kappa shape index (κ1) is 23.1. The Hall–Kier alpha value is -2.66. The highest BCUT2D eigenvalue weighted by atomic mass is 32.2. The predicted molar refractivity (Wildman–Crippen MR) is 133 cm³/mol. The van der Waals surface area contributed by atoms with Crippen molar-refractivity contribution in [3.8, 4) is 0 Å². The van der Waals surface area contributed by atoms with E-state index in [-0.39, 0.29) is 28.7 Å². The van der Waals surface area contributed by atoms with Gasteiger partial charge in [-0.25, -0.2) is 17.8 Å². The van der Waals surface area contributed by atoms with Crippen molar-refractivity contribution in [3.63, 3.8) is 0 Å². The predicted octanol–water partition coefficient (Wildman–Crippen LogP) is 5.13. The number of nitrogens with zero attached hydrogens (tertiary/aromatic N) is 3. The number of piperidine rings is 1. The van der Waals surface area contributed by atoms with Crippen LogP contribution in [0, 0.1) is 11.7 Å². The lowest BCUT2D eigenvalue weighted by atomic mass is 9.98. The third-order valence-electron chi connectivity index (χ3n) is 5.86. The van der Waals surface area contributed by atoms with Crippen LogP contribution in [-0.4, -0.2) is 36.7 Å². The molecule has 1 fully saturated rings. The summed E-state index contributed by atoms with van der Waals surface area (Å²) in [6.45, 7) is 0.772. The van der Waals surface area contributed by atoms with Gasteiger partial charge in [0.15, 0.2) is 5.13 Å². The zero-order chi connectivity index (χ0) is 23.7.